The molecule has 2 amide bonds. The van der Waals surface area contributed by atoms with Crippen LogP contribution in [-0.4, -0.2) is 22.9 Å². The lowest BCUT2D eigenvalue weighted by Crippen LogP contribution is -2.29. The number of nitrogens with one attached hydrogen (secondary N) is 1. The Kier molecular flexibility index (Phi) is 3.90. The highest BCUT2D eigenvalue weighted by molar-refractivity contribution is 9.10. The first-order valence-electron chi connectivity index (χ1n) is 4.39. The smallest absolute Gasteiger partial charge is 0.267 e. The van der Waals surface area contributed by atoms with Gasteiger partial charge in [-0.25, -0.2) is 0 Å². The van der Waals surface area contributed by atoms with E-state index in [1.54, 1.807) is 23.9 Å². The van der Waals surface area contributed by atoms with Crippen molar-refractivity contribution in [2.45, 2.75) is 6.42 Å². The molecule has 1 aromatic heterocycles. The number of amides is 2. The minimum atomic E-state index is -0.427. The maximum atomic E-state index is 11.6. The van der Waals surface area contributed by atoms with E-state index in [4.69, 9.17) is 5.73 Å². The van der Waals surface area contributed by atoms with Gasteiger partial charge in [0.15, 0.2) is 0 Å². The molecule has 0 aliphatic carbocycles. The van der Waals surface area contributed by atoms with E-state index >= 15 is 0 Å². The summed E-state index contributed by atoms with van der Waals surface area (Å²) in [4.78, 5) is 22.0. The number of carbonyl (C=O) groups excluding carboxylic acids is 2. The molecule has 0 aliphatic heterocycles. The number of aromatic nitrogens is 1. The van der Waals surface area contributed by atoms with Crippen LogP contribution in [0.5, 0.6) is 0 Å². The van der Waals surface area contributed by atoms with Crippen LogP contribution in [0.15, 0.2) is 16.7 Å². The Morgan fingerprint density at radius 1 is 1.60 bits per heavy atom. The van der Waals surface area contributed by atoms with Crippen LogP contribution in [0.2, 0.25) is 0 Å². The van der Waals surface area contributed by atoms with Gasteiger partial charge in [0, 0.05) is 30.7 Å². The van der Waals surface area contributed by atoms with E-state index in [1.807, 2.05) is 0 Å². The van der Waals surface area contributed by atoms with Gasteiger partial charge in [0.2, 0.25) is 5.91 Å². The number of hydrogen-bond donors (Lipinski definition) is 2. The molecule has 0 aromatic carbocycles. The zero-order chi connectivity index (χ0) is 11.4. The SMILES string of the molecule is Cn1cc(Br)cc1C(=O)NCCC(N)=O. The first-order chi connectivity index (χ1) is 7.00. The molecule has 1 rings (SSSR count). The molecular formula is C9H12BrN3O2. The van der Waals surface area contributed by atoms with Crippen molar-refractivity contribution in [3.05, 3.63) is 22.4 Å². The lowest BCUT2D eigenvalue weighted by Gasteiger charge is -2.04. The molecule has 0 saturated heterocycles. The van der Waals surface area contributed by atoms with Gasteiger partial charge >= 0.3 is 0 Å². The maximum absolute atomic E-state index is 11.6. The molecule has 1 heterocycles. The van der Waals surface area contributed by atoms with Crippen LogP contribution in [0, 0.1) is 0 Å². The Hall–Kier alpha value is -1.30. The second-order valence-corrected chi connectivity index (χ2v) is 4.04. The number of aryl methyl sites for hydroxylation is 1. The van der Waals surface area contributed by atoms with Crippen LogP contribution >= 0.6 is 15.9 Å². The van der Waals surface area contributed by atoms with Gasteiger partial charge < -0.3 is 15.6 Å². The summed E-state index contributed by atoms with van der Waals surface area (Å²) in [5.41, 5.74) is 5.48. The highest BCUT2D eigenvalue weighted by atomic mass is 79.9. The van der Waals surface area contributed by atoms with Crippen molar-refractivity contribution in [3.8, 4) is 0 Å². The van der Waals surface area contributed by atoms with Crippen molar-refractivity contribution in [2.24, 2.45) is 12.8 Å². The number of hydrogen-bond acceptors (Lipinski definition) is 2. The predicted molar refractivity (Wildman–Crippen MR) is 59.3 cm³/mol. The average Bonchev–Trinajstić information content (AvgIpc) is 2.44. The fourth-order valence-electron chi connectivity index (χ4n) is 1.14. The van der Waals surface area contributed by atoms with E-state index in [9.17, 15) is 9.59 Å². The summed E-state index contributed by atoms with van der Waals surface area (Å²) in [6.07, 6.45) is 1.93. The molecule has 82 valence electrons. The Labute approximate surface area is 95.8 Å². The van der Waals surface area contributed by atoms with Gasteiger partial charge in [-0.3, -0.25) is 9.59 Å². The molecule has 0 spiro atoms. The molecular weight excluding hydrogens is 262 g/mol. The van der Waals surface area contributed by atoms with Crippen LogP contribution in [0.1, 0.15) is 16.9 Å². The number of primary amides is 1. The molecule has 0 bridgehead atoms. The summed E-state index contributed by atoms with van der Waals surface area (Å²) in [5, 5.41) is 2.60. The summed E-state index contributed by atoms with van der Waals surface area (Å²) in [6.45, 7) is 0.261. The van der Waals surface area contributed by atoms with Crippen molar-refractivity contribution in [1.29, 1.82) is 0 Å². The molecule has 0 atom stereocenters. The number of halogens is 1. The van der Waals surface area contributed by atoms with Gasteiger partial charge in [0.05, 0.1) is 0 Å². The van der Waals surface area contributed by atoms with Crippen LogP contribution in [0.4, 0.5) is 0 Å². The molecule has 0 saturated carbocycles. The summed E-state index contributed by atoms with van der Waals surface area (Å²) >= 11 is 3.27. The quantitative estimate of drug-likeness (QED) is 0.833. The second-order valence-electron chi connectivity index (χ2n) is 3.13. The van der Waals surface area contributed by atoms with Crippen molar-refractivity contribution in [2.75, 3.05) is 6.54 Å². The van der Waals surface area contributed by atoms with Crippen molar-refractivity contribution in [1.82, 2.24) is 9.88 Å². The molecule has 0 unspecified atom stereocenters. The summed E-state index contributed by atoms with van der Waals surface area (Å²) in [6, 6.07) is 1.71. The highest BCUT2D eigenvalue weighted by Crippen LogP contribution is 2.13. The normalized spacial score (nSPS) is 10.0. The molecule has 0 aliphatic rings. The van der Waals surface area contributed by atoms with E-state index in [1.165, 1.54) is 0 Å². The second kappa shape index (κ2) is 4.97. The zero-order valence-corrected chi connectivity index (χ0v) is 9.87. The number of carbonyl (C=O) groups is 2. The fourth-order valence-corrected chi connectivity index (χ4v) is 1.66. The van der Waals surface area contributed by atoms with Gasteiger partial charge in [-0.05, 0) is 22.0 Å². The van der Waals surface area contributed by atoms with Gasteiger partial charge in [-0.15, -0.1) is 0 Å². The van der Waals surface area contributed by atoms with E-state index in [0.717, 1.165) is 4.47 Å². The molecule has 5 nitrogen and oxygen atoms in total. The maximum Gasteiger partial charge on any atom is 0.267 e. The third-order valence-corrected chi connectivity index (χ3v) is 2.29. The van der Waals surface area contributed by atoms with Gasteiger partial charge in [0.1, 0.15) is 5.69 Å². The zero-order valence-electron chi connectivity index (χ0n) is 8.29. The minimum Gasteiger partial charge on any atom is -0.370 e. The Balaban J connectivity index is 2.54. The number of rotatable bonds is 4. The van der Waals surface area contributed by atoms with Gasteiger partial charge in [-0.1, -0.05) is 0 Å². The largest absolute Gasteiger partial charge is 0.370 e. The van der Waals surface area contributed by atoms with E-state index in [2.05, 4.69) is 21.2 Å². The number of nitrogens with zero attached hydrogens (tertiary/aromatic N) is 1. The van der Waals surface area contributed by atoms with Crippen LogP contribution in [0.25, 0.3) is 0 Å². The fraction of sp³-hybridized carbons (Fsp3) is 0.333. The van der Waals surface area contributed by atoms with Crippen LogP contribution in [0.3, 0.4) is 0 Å². The first kappa shape index (κ1) is 11.8. The predicted octanol–water partition coefficient (Wildman–Crippen LogP) is 0.393. The molecule has 0 radical (unpaired) electrons. The van der Waals surface area contributed by atoms with Crippen molar-refractivity contribution < 1.29 is 9.59 Å². The molecule has 0 fully saturated rings. The highest BCUT2D eigenvalue weighted by Gasteiger charge is 2.10. The summed E-state index contributed by atoms with van der Waals surface area (Å²) in [7, 11) is 1.77. The molecule has 15 heavy (non-hydrogen) atoms. The lowest BCUT2D eigenvalue weighted by atomic mass is 10.3. The Bertz CT molecular complexity index is 387. The number of nitrogens with two attached hydrogens (primary N) is 1. The van der Waals surface area contributed by atoms with Crippen LogP contribution in [-0.2, 0) is 11.8 Å². The van der Waals surface area contributed by atoms with Crippen molar-refractivity contribution >= 4 is 27.7 Å². The summed E-state index contributed by atoms with van der Waals surface area (Å²) in [5.74, 6) is -0.646. The standard InChI is InChI=1S/C9H12BrN3O2/c1-13-5-6(10)4-7(13)9(15)12-3-2-8(11)14/h4-5H,2-3H2,1H3,(H2,11,14)(H,12,15). The molecule has 6 heteroatoms. The van der Waals surface area contributed by atoms with Gasteiger partial charge in [0.25, 0.3) is 5.91 Å². The van der Waals surface area contributed by atoms with E-state index in [-0.39, 0.29) is 18.9 Å². The molecule has 1 aromatic rings. The summed E-state index contributed by atoms with van der Waals surface area (Å²) < 4.78 is 2.54. The van der Waals surface area contributed by atoms with E-state index < -0.39 is 5.91 Å². The van der Waals surface area contributed by atoms with E-state index in [0.29, 0.717) is 5.69 Å². The minimum absolute atomic E-state index is 0.150. The van der Waals surface area contributed by atoms with Crippen LogP contribution < -0.4 is 11.1 Å². The third-order valence-electron chi connectivity index (χ3n) is 1.86. The topological polar surface area (TPSA) is 77.1 Å². The average molecular weight is 274 g/mol. The van der Waals surface area contributed by atoms with Gasteiger partial charge in [-0.2, -0.15) is 0 Å². The lowest BCUT2D eigenvalue weighted by molar-refractivity contribution is -0.117. The first-order valence-corrected chi connectivity index (χ1v) is 5.18. The monoisotopic (exact) mass is 273 g/mol. The Morgan fingerprint density at radius 3 is 2.73 bits per heavy atom. The van der Waals surface area contributed by atoms with Crippen molar-refractivity contribution in [3.63, 3.8) is 0 Å². The molecule has 3 N–H and O–H groups in total. The third kappa shape index (κ3) is 3.39. The Morgan fingerprint density at radius 2 is 2.27 bits per heavy atom.